The van der Waals surface area contributed by atoms with Gasteiger partial charge in [-0.2, -0.15) is 13.2 Å². The number of esters is 1. The number of anilines is 1. The van der Waals surface area contributed by atoms with Gasteiger partial charge >= 0.3 is 12.1 Å². The molecule has 0 spiro atoms. The quantitative estimate of drug-likeness (QED) is 0.683. The van der Waals surface area contributed by atoms with E-state index in [1.54, 1.807) is 0 Å². The predicted molar refractivity (Wildman–Crippen MR) is 61.5 cm³/mol. The molecule has 0 bridgehead atoms. The number of ether oxygens (including phenoxy) is 1. The first-order valence-electron chi connectivity index (χ1n) is 5.61. The summed E-state index contributed by atoms with van der Waals surface area (Å²) in [7, 11) is 0.935. The van der Waals surface area contributed by atoms with Crippen LogP contribution in [-0.2, 0) is 4.74 Å². The highest BCUT2D eigenvalue weighted by Gasteiger charge is 2.38. The summed E-state index contributed by atoms with van der Waals surface area (Å²) in [5.41, 5.74) is -1.35. The molecular weight excluding hydrogens is 285 g/mol. The number of alkyl halides is 3. The van der Waals surface area contributed by atoms with Crippen LogP contribution >= 0.6 is 0 Å². The van der Waals surface area contributed by atoms with Crippen LogP contribution in [-0.4, -0.2) is 25.3 Å². The zero-order valence-electron chi connectivity index (χ0n) is 10.6. The van der Waals surface area contributed by atoms with Gasteiger partial charge < -0.3 is 10.1 Å². The van der Waals surface area contributed by atoms with Gasteiger partial charge in [0.15, 0.2) is 0 Å². The second kappa shape index (κ2) is 6.06. The van der Waals surface area contributed by atoms with Crippen molar-refractivity contribution in [1.29, 1.82) is 0 Å². The van der Waals surface area contributed by atoms with Crippen molar-refractivity contribution < 1.29 is 31.5 Å². The highest BCUT2D eigenvalue weighted by Crippen LogP contribution is 2.27. The number of carbonyl (C=O) groups is 1. The van der Waals surface area contributed by atoms with Crippen LogP contribution in [0.4, 0.5) is 27.6 Å². The molecule has 0 fully saturated rings. The third-order valence-corrected chi connectivity index (χ3v) is 2.58. The molecule has 8 heteroatoms. The van der Waals surface area contributed by atoms with Crippen molar-refractivity contribution in [2.45, 2.75) is 25.6 Å². The minimum absolute atomic E-state index is 0.314. The zero-order valence-corrected chi connectivity index (χ0v) is 10.6. The van der Waals surface area contributed by atoms with Crippen LogP contribution in [0.1, 0.15) is 23.7 Å². The van der Waals surface area contributed by atoms with Gasteiger partial charge in [-0.15, -0.1) is 0 Å². The highest BCUT2D eigenvalue weighted by atomic mass is 19.4. The van der Waals surface area contributed by atoms with Crippen molar-refractivity contribution in [1.82, 2.24) is 0 Å². The molecule has 112 valence electrons. The van der Waals surface area contributed by atoms with Gasteiger partial charge in [0.05, 0.1) is 7.11 Å². The fraction of sp³-hybridized carbons (Fsp3) is 0.417. The van der Waals surface area contributed by atoms with Crippen LogP contribution in [0.25, 0.3) is 0 Å². The summed E-state index contributed by atoms with van der Waals surface area (Å²) in [5, 5.41) is 1.98. The van der Waals surface area contributed by atoms with Crippen LogP contribution in [0.3, 0.4) is 0 Å². The lowest BCUT2D eigenvalue weighted by atomic mass is 10.1. The summed E-state index contributed by atoms with van der Waals surface area (Å²) in [6, 6.07) is -0.710. The molecule has 0 aliphatic carbocycles. The Morgan fingerprint density at radius 3 is 2.15 bits per heavy atom. The number of carbonyl (C=O) groups excluding carboxylic acids is 1. The van der Waals surface area contributed by atoms with Crippen molar-refractivity contribution in [2.75, 3.05) is 12.4 Å². The minimum atomic E-state index is -4.55. The maximum absolute atomic E-state index is 13.5. The molecule has 1 rings (SSSR count). The molecule has 0 saturated heterocycles. The number of benzene rings is 1. The second-order valence-corrected chi connectivity index (χ2v) is 3.95. The Balaban J connectivity index is 3.08. The van der Waals surface area contributed by atoms with E-state index < -0.39 is 41.1 Å². The maximum atomic E-state index is 13.5. The first-order chi connectivity index (χ1) is 9.20. The molecule has 0 saturated carbocycles. The molecule has 3 nitrogen and oxygen atoms in total. The number of rotatable bonds is 4. The summed E-state index contributed by atoms with van der Waals surface area (Å²) in [5.74, 6) is -3.83. The van der Waals surface area contributed by atoms with Crippen molar-refractivity contribution in [2.24, 2.45) is 0 Å². The molecule has 0 aliphatic rings. The lowest BCUT2D eigenvalue weighted by Gasteiger charge is -2.21. The Hall–Kier alpha value is -1.86. The number of hydrogen-bond donors (Lipinski definition) is 1. The first-order valence-corrected chi connectivity index (χ1v) is 5.61. The van der Waals surface area contributed by atoms with Gasteiger partial charge in [-0.1, -0.05) is 6.92 Å². The van der Waals surface area contributed by atoms with Gasteiger partial charge in [0.25, 0.3) is 0 Å². The van der Waals surface area contributed by atoms with Gasteiger partial charge in [0.2, 0.25) is 0 Å². The van der Waals surface area contributed by atoms with E-state index in [1.807, 2.05) is 5.32 Å². The molecule has 0 amide bonds. The largest absolute Gasteiger partial charge is 0.465 e. The van der Waals surface area contributed by atoms with Crippen molar-refractivity contribution in [3.8, 4) is 0 Å². The Morgan fingerprint density at radius 1 is 1.30 bits per heavy atom. The molecule has 1 N–H and O–H groups in total. The summed E-state index contributed by atoms with van der Waals surface area (Å²) in [4.78, 5) is 11.1. The van der Waals surface area contributed by atoms with E-state index >= 15 is 0 Å². The smallest absolute Gasteiger partial charge is 0.408 e. The number of hydrogen-bond acceptors (Lipinski definition) is 3. The molecule has 0 aromatic heterocycles. The Morgan fingerprint density at radius 2 is 1.80 bits per heavy atom. The van der Waals surface area contributed by atoms with E-state index in [0.29, 0.717) is 12.1 Å². The van der Waals surface area contributed by atoms with E-state index in [0.717, 1.165) is 7.11 Å². The molecule has 20 heavy (non-hydrogen) atoms. The topological polar surface area (TPSA) is 38.3 Å². The molecule has 1 atom stereocenters. The fourth-order valence-electron chi connectivity index (χ4n) is 1.57. The fourth-order valence-corrected chi connectivity index (χ4v) is 1.57. The monoisotopic (exact) mass is 297 g/mol. The van der Waals surface area contributed by atoms with E-state index in [9.17, 15) is 26.7 Å². The minimum Gasteiger partial charge on any atom is -0.465 e. The van der Waals surface area contributed by atoms with Gasteiger partial charge in [0, 0.05) is 5.69 Å². The summed E-state index contributed by atoms with van der Waals surface area (Å²) in [6.07, 6.45) is -4.87. The Bertz CT molecular complexity index is 478. The summed E-state index contributed by atoms with van der Waals surface area (Å²) in [6.45, 7) is 1.28. The molecule has 1 aromatic rings. The van der Waals surface area contributed by atoms with Crippen LogP contribution < -0.4 is 5.32 Å². The van der Waals surface area contributed by atoms with E-state index in [-0.39, 0.29) is 6.42 Å². The molecule has 0 heterocycles. The molecule has 0 unspecified atom stereocenters. The second-order valence-electron chi connectivity index (χ2n) is 3.95. The van der Waals surface area contributed by atoms with Crippen molar-refractivity contribution in [3.63, 3.8) is 0 Å². The van der Waals surface area contributed by atoms with Gasteiger partial charge in [0.1, 0.15) is 23.2 Å². The standard InChI is InChI=1S/C12H12F5NO2/c1-3-9(12(15,16)17)18-6-4-7(13)10(8(14)5-6)11(19)20-2/h4-5,9,18H,3H2,1-2H3/t9-/m1/s1. The molecular formula is C12H12F5NO2. The van der Waals surface area contributed by atoms with Gasteiger partial charge in [-0.25, -0.2) is 13.6 Å². The Labute approximate surface area is 111 Å². The number of methoxy groups -OCH3 is 1. The third-order valence-electron chi connectivity index (χ3n) is 2.58. The molecule has 0 radical (unpaired) electrons. The van der Waals surface area contributed by atoms with E-state index in [4.69, 9.17) is 0 Å². The average Bonchev–Trinajstić information content (AvgIpc) is 2.33. The normalized spacial score (nSPS) is 12.9. The Kier molecular flexibility index (Phi) is 4.91. The van der Waals surface area contributed by atoms with Crippen LogP contribution in [0.2, 0.25) is 0 Å². The third kappa shape index (κ3) is 3.58. The maximum Gasteiger partial charge on any atom is 0.408 e. The predicted octanol–water partition coefficient (Wildman–Crippen LogP) is 3.50. The first kappa shape index (κ1) is 16.2. The highest BCUT2D eigenvalue weighted by molar-refractivity contribution is 5.90. The zero-order chi connectivity index (χ0) is 15.5. The molecule has 1 aromatic carbocycles. The number of nitrogens with one attached hydrogen (secondary N) is 1. The van der Waals surface area contributed by atoms with Gasteiger partial charge in [-0.3, -0.25) is 0 Å². The van der Waals surface area contributed by atoms with Crippen molar-refractivity contribution in [3.05, 3.63) is 29.3 Å². The summed E-state index contributed by atoms with van der Waals surface area (Å²) >= 11 is 0. The van der Waals surface area contributed by atoms with E-state index in [1.165, 1.54) is 6.92 Å². The van der Waals surface area contributed by atoms with Crippen LogP contribution in [0, 0.1) is 11.6 Å². The number of halogens is 5. The van der Waals surface area contributed by atoms with Crippen LogP contribution in [0.15, 0.2) is 12.1 Å². The average molecular weight is 297 g/mol. The van der Waals surface area contributed by atoms with Crippen molar-refractivity contribution >= 4 is 11.7 Å². The lowest BCUT2D eigenvalue weighted by Crippen LogP contribution is -2.35. The van der Waals surface area contributed by atoms with Crippen LogP contribution in [0.5, 0.6) is 0 Å². The molecule has 0 aliphatic heterocycles. The summed E-state index contributed by atoms with van der Waals surface area (Å²) < 4.78 is 68.9. The lowest BCUT2D eigenvalue weighted by molar-refractivity contribution is -0.142. The van der Waals surface area contributed by atoms with E-state index in [2.05, 4.69) is 4.74 Å². The van der Waals surface area contributed by atoms with Gasteiger partial charge in [-0.05, 0) is 18.6 Å². The SMILES string of the molecule is CC[C@@H](Nc1cc(F)c(C(=O)OC)c(F)c1)C(F)(F)F.